The second-order valence-electron chi connectivity index (χ2n) is 4.93. The molecule has 7 heteroatoms. The van der Waals surface area contributed by atoms with Crippen molar-refractivity contribution in [1.29, 1.82) is 0 Å². The van der Waals surface area contributed by atoms with Gasteiger partial charge < -0.3 is 0 Å². The number of alkyl halides is 1. The van der Waals surface area contributed by atoms with Crippen molar-refractivity contribution in [3.8, 4) is 5.69 Å². The van der Waals surface area contributed by atoms with Crippen LogP contribution in [0.3, 0.4) is 0 Å². The van der Waals surface area contributed by atoms with E-state index in [2.05, 4.69) is 10.1 Å². The van der Waals surface area contributed by atoms with Crippen LogP contribution in [0.2, 0.25) is 10.0 Å². The van der Waals surface area contributed by atoms with Crippen molar-refractivity contribution in [3.63, 3.8) is 0 Å². The molecule has 1 atom stereocenters. The van der Waals surface area contributed by atoms with Crippen molar-refractivity contribution in [2.24, 2.45) is 7.05 Å². The van der Waals surface area contributed by atoms with Crippen LogP contribution in [0.25, 0.3) is 16.9 Å². The molecule has 3 rings (SSSR count). The third kappa shape index (κ3) is 2.41. The van der Waals surface area contributed by atoms with Gasteiger partial charge in [0.2, 0.25) is 0 Å². The van der Waals surface area contributed by atoms with E-state index in [1.165, 1.54) is 0 Å². The molecule has 0 saturated carbocycles. The fraction of sp³-hybridized carbons (Fsp3) is 0.286. The molecule has 110 valence electrons. The van der Waals surface area contributed by atoms with Gasteiger partial charge in [-0.1, -0.05) is 23.2 Å². The van der Waals surface area contributed by atoms with Crippen LogP contribution < -0.4 is 0 Å². The first-order valence-electron chi connectivity index (χ1n) is 6.41. The van der Waals surface area contributed by atoms with Gasteiger partial charge in [0, 0.05) is 17.1 Å². The predicted molar refractivity (Wildman–Crippen MR) is 86.9 cm³/mol. The topological polar surface area (TPSA) is 35.6 Å². The zero-order valence-electron chi connectivity index (χ0n) is 11.7. The van der Waals surface area contributed by atoms with Gasteiger partial charge in [-0.2, -0.15) is 5.10 Å². The first-order chi connectivity index (χ1) is 9.88. The van der Waals surface area contributed by atoms with Gasteiger partial charge >= 0.3 is 0 Å². The van der Waals surface area contributed by atoms with Gasteiger partial charge in [0.1, 0.15) is 11.3 Å². The van der Waals surface area contributed by atoms with Crippen molar-refractivity contribution in [2.45, 2.75) is 19.2 Å². The van der Waals surface area contributed by atoms with E-state index in [9.17, 15) is 0 Å². The molecule has 0 saturated heterocycles. The third-order valence-corrected chi connectivity index (χ3v) is 3.92. The molecule has 3 aromatic rings. The highest BCUT2D eigenvalue weighted by atomic mass is 35.5. The van der Waals surface area contributed by atoms with E-state index < -0.39 is 0 Å². The molecule has 4 nitrogen and oxygen atoms in total. The summed E-state index contributed by atoms with van der Waals surface area (Å²) >= 11 is 18.5. The molecule has 0 bridgehead atoms. The zero-order chi connectivity index (χ0) is 15.3. The van der Waals surface area contributed by atoms with E-state index in [4.69, 9.17) is 34.8 Å². The van der Waals surface area contributed by atoms with Gasteiger partial charge in [-0.15, -0.1) is 11.6 Å². The molecule has 2 aromatic heterocycles. The van der Waals surface area contributed by atoms with Gasteiger partial charge in [-0.3, -0.25) is 4.57 Å². The second-order valence-corrected chi connectivity index (χ2v) is 6.46. The molecule has 21 heavy (non-hydrogen) atoms. The molecule has 0 N–H and O–H groups in total. The SMILES string of the molecule is Cc1nn(C)c2c1nc(C(C)Cl)n2-c1cc(Cl)cc(Cl)c1. The molecule has 0 fully saturated rings. The number of hydrogen-bond donors (Lipinski definition) is 0. The van der Waals surface area contributed by atoms with E-state index in [-0.39, 0.29) is 5.38 Å². The summed E-state index contributed by atoms with van der Waals surface area (Å²) in [5, 5.41) is 5.27. The molecule has 0 amide bonds. The zero-order valence-corrected chi connectivity index (χ0v) is 14.0. The predicted octanol–water partition coefficient (Wildman–Crippen LogP) is 4.67. The minimum absolute atomic E-state index is 0.255. The van der Waals surface area contributed by atoms with Crippen LogP contribution in [0, 0.1) is 6.92 Å². The molecule has 1 aromatic carbocycles. The van der Waals surface area contributed by atoms with E-state index in [0.717, 1.165) is 28.4 Å². The number of benzene rings is 1. The molecular weight excluding hydrogens is 331 g/mol. The minimum atomic E-state index is -0.255. The van der Waals surface area contributed by atoms with Crippen LogP contribution in [0.5, 0.6) is 0 Å². The van der Waals surface area contributed by atoms with Crippen LogP contribution in [-0.2, 0) is 7.05 Å². The van der Waals surface area contributed by atoms with Gasteiger partial charge in [0.25, 0.3) is 0 Å². The average molecular weight is 344 g/mol. The van der Waals surface area contributed by atoms with Gasteiger partial charge in [-0.25, -0.2) is 9.67 Å². The van der Waals surface area contributed by atoms with Crippen LogP contribution in [0.4, 0.5) is 0 Å². The van der Waals surface area contributed by atoms with Crippen molar-refractivity contribution >= 4 is 46.0 Å². The molecule has 0 aliphatic rings. The largest absolute Gasteiger partial charge is 0.280 e. The van der Waals surface area contributed by atoms with Crippen LogP contribution in [0.15, 0.2) is 18.2 Å². The smallest absolute Gasteiger partial charge is 0.163 e. The average Bonchev–Trinajstić information content (AvgIpc) is 2.88. The summed E-state index contributed by atoms with van der Waals surface area (Å²) in [5.74, 6) is 0.737. The van der Waals surface area contributed by atoms with Crippen molar-refractivity contribution in [3.05, 3.63) is 39.8 Å². The first-order valence-corrected chi connectivity index (χ1v) is 7.60. The quantitative estimate of drug-likeness (QED) is 0.634. The summed E-state index contributed by atoms with van der Waals surface area (Å²) < 4.78 is 3.74. The Morgan fingerprint density at radius 3 is 2.33 bits per heavy atom. The standard InChI is InChI=1S/C14H13Cl3N4/c1-7(15)13-18-12-8(2)19-20(3)14(12)21(13)11-5-9(16)4-10(17)6-11/h4-7H,1-3H3. The maximum Gasteiger partial charge on any atom is 0.163 e. The number of hydrogen-bond acceptors (Lipinski definition) is 2. The summed E-state index contributed by atoms with van der Waals surface area (Å²) in [4.78, 5) is 4.63. The molecule has 0 aliphatic carbocycles. The Kier molecular flexibility index (Phi) is 3.64. The van der Waals surface area contributed by atoms with E-state index in [1.807, 2.05) is 37.6 Å². The number of nitrogens with zero attached hydrogens (tertiary/aromatic N) is 4. The molecule has 0 radical (unpaired) electrons. The Balaban J connectivity index is 2.41. The van der Waals surface area contributed by atoms with Crippen LogP contribution in [-0.4, -0.2) is 19.3 Å². The summed E-state index contributed by atoms with van der Waals surface area (Å²) in [6.45, 7) is 3.81. The number of aryl methyl sites for hydroxylation is 2. The third-order valence-electron chi connectivity index (χ3n) is 3.29. The number of aromatic nitrogens is 4. The van der Waals surface area contributed by atoms with Gasteiger partial charge in [-0.05, 0) is 32.0 Å². The minimum Gasteiger partial charge on any atom is -0.280 e. The lowest BCUT2D eigenvalue weighted by Gasteiger charge is -2.12. The highest BCUT2D eigenvalue weighted by Crippen LogP contribution is 2.31. The summed E-state index contributed by atoms with van der Waals surface area (Å²) in [7, 11) is 1.88. The Hall–Kier alpha value is -1.23. The molecule has 0 spiro atoms. The lowest BCUT2D eigenvalue weighted by atomic mass is 10.3. The lowest BCUT2D eigenvalue weighted by Crippen LogP contribution is -2.06. The lowest BCUT2D eigenvalue weighted by molar-refractivity contribution is 0.748. The molecule has 0 aliphatic heterocycles. The van der Waals surface area contributed by atoms with E-state index in [0.29, 0.717) is 10.0 Å². The van der Waals surface area contributed by atoms with Crippen molar-refractivity contribution < 1.29 is 0 Å². The molecule has 2 heterocycles. The Morgan fingerprint density at radius 2 is 1.76 bits per heavy atom. The summed E-state index contributed by atoms with van der Waals surface area (Å²) in [5.41, 5.74) is 3.38. The fourth-order valence-corrected chi connectivity index (χ4v) is 3.14. The highest BCUT2D eigenvalue weighted by Gasteiger charge is 2.21. The number of rotatable bonds is 2. The van der Waals surface area contributed by atoms with Crippen molar-refractivity contribution in [2.75, 3.05) is 0 Å². The summed E-state index contributed by atoms with van der Waals surface area (Å²) in [6.07, 6.45) is 0. The van der Waals surface area contributed by atoms with Gasteiger partial charge in [0.05, 0.1) is 16.8 Å². The van der Waals surface area contributed by atoms with Gasteiger partial charge in [0.15, 0.2) is 5.65 Å². The summed E-state index contributed by atoms with van der Waals surface area (Å²) in [6, 6.07) is 5.36. The monoisotopic (exact) mass is 342 g/mol. The fourth-order valence-electron chi connectivity index (χ4n) is 2.48. The Bertz CT molecular complexity index is 812. The number of halogens is 3. The van der Waals surface area contributed by atoms with Crippen molar-refractivity contribution in [1.82, 2.24) is 19.3 Å². The Labute approximate surface area is 137 Å². The molecule has 1 unspecified atom stereocenters. The first kappa shape index (κ1) is 14.7. The maximum absolute atomic E-state index is 6.29. The van der Waals surface area contributed by atoms with Crippen LogP contribution in [0.1, 0.15) is 23.8 Å². The second kappa shape index (κ2) is 5.20. The Morgan fingerprint density at radius 1 is 1.14 bits per heavy atom. The maximum atomic E-state index is 6.29. The van der Waals surface area contributed by atoms with E-state index >= 15 is 0 Å². The van der Waals surface area contributed by atoms with Crippen LogP contribution >= 0.6 is 34.8 Å². The number of imidazole rings is 1. The molecular formula is C14H13Cl3N4. The van der Waals surface area contributed by atoms with E-state index in [1.54, 1.807) is 10.7 Å². The highest BCUT2D eigenvalue weighted by molar-refractivity contribution is 6.34. The normalized spacial score (nSPS) is 13.0. The number of fused-ring (bicyclic) bond motifs is 1.